The first-order chi connectivity index (χ1) is 11.5. The molecule has 0 heterocycles. The van der Waals surface area contributed by atoms with Crippen LogP contribution in [0.3, 0.4) is 0 Å². The molecule has 0 aliphatic heterocycles. The molecule has 5 nitrogen and oxygen atoms in total. The van der Waals surface area contributed by atoms with Crippen molar-refractivity contribution in [2.24, 2.45) is 0 Å². The Hall–Kier alpha value is 0.926. The van der Waals surface area contributed by atoms with Crippen LogP contribution in [0.1, 0.15) is 82.8 Å². The second-order valence-corrected chi connectivity index (χ2v) is 7.31. The number of unbranched alkanes of at least 4 members (excludes halogenated alkanes) is 8. The van der Waals surface area contributed by atoms with Crippen molar-refractivity contribution in [2.45, 2.75) is 77.2 Å². The molecule has 0 aromatic heterocycles. The summed E-state index contributed by atoms with van der Waals surface area (Å²) in [5, 5.41) is 0. The van der Waals surface area contributed by atoms with Crippen LogP contribution in [0.15, 0.2) is 30.3 Å². The molecular formula is C18H32KO5P. The summed E-state index contributed by atoms with van der Waals surface area (Å²) in [5.74, 6) is 0. The zero-order valence-electron chi connectivity index (χ0n) is 14.6. The van der Waals surface area contributed by atoms with Crippen molar-refractivity contribution in [3.63, 3.8) is 0 Å². The van der Waals surface area contributed by atoms with Crippen LogP contribution in [0.2, 0.25) is 0 Å². The van der Waals surface area contributed by atoms with Crippen LogP contribution >= 0.6 is 7.82 Å². The molecule has 25 heavy (non-hydrogen) atoms. The fourth-order valence-electron chi connectivity index (χ4n) is 2.69. The van der Waals surface area contributed by atoms with Crippen LogP contribution in [0, 0.1) is 0 Å². The summed E-state index contributed by atoms with van der Waals surface area (Å²) in [6.07, 6.45) is 11.2. The van der Waals surface area contributed by atoms with Crippen LogP contribution in [0.4, 0.5) is 0 Å². The second-order valence-electron chi connectivity index (χ2n) is 6.18. The van der Waals surface area contributed by atoms with Gasteiger partial charge >= 0.3 is 59.2 Å². The van der Waals surface area contributed by atoms with E-state index in [9.17, 15) is 4.57 Å². The maximum atomic E-state index is 10.8. The molecular weight excluding hydrogens is 366 g/mol. The number of hydrogen-bond donors (Lipinski definition) is 2. The van der Waals surface area contributed by atoms with E-state index in [-0.39, 0.29) is 51.4 Å². The minimum absolute atomic E-state index is 0. The molecule has 0 amide bonds. The summed E-state index contributed by atoms with van der Waals surface area (Å²) in [7, 11) is -4.63. The average molecular weight is 399 g/mol. The first-order valence-electron chi connectivity index (χ1n) is 8.98. The van der Waals surface area contributed by atoms with Crippen LogP contribution in [-0.2, 0) is 14.1 Å². The van der Waals surface area contributed by atoms with E-state index in [1.165, 1.54) is 44.9 Å². The van der Waals surface area contributed by atoms with Crippen molar-refractivity contribution in [1.29, 1.82) is 0 Å². The van der Waals surface area contributed by atoms with Crippen molar-refractivity contribution in [2.75, 3.05) is 0 Å². The molecule has 1 atom stereocenters. The maximum absolute atomic E-state index is 10.8. The van der Waals surface area contributed by atoms with E-state index in [4.69, 9.17) is 14.7 Å². The van der Waals surface area contributed by atoms with Gasteiger partial charge in [0.1, 0.15) is 6.10 Å². The van der Waals surface area contributed by atoms with E-state index in [2.05, 4.69) is 11.6 Å². The van der Waals surface area contributed by atoms with Gasteiger partial charge in [0.25, 0.3) is 0 Å². The predicted octanol–water partition coefficient (Wildman–Crippen LogP) is 5.04. The van der Waals surface area contributed by atoms with Crippen LogP contribution < -0.4 is 0 Å². The Bertz CT molecular complexity index is 466. The summed E-state index contributed by atoms with van der Waals surface area (Å²) in [6.45, 7) is 2.22. The molecule has 0 bridgehead atoms. The van der Waals surface area contributed by atoms with E-state index in [0.717, 1.165) is 18.4 Å². The first-order valence-corrected chi connectivity index (χ1v) is 10.5. The van der Waals surface area contributed by atoms with Crippen LogP contribution in [0.5, 0.6) is 0 Å². The Morgan fingerprint density at radius 3 is 1.96 bits per heavy atom. The zero-order valence-corrected chi connectivity index (χ0v) is 15.5. The number of rotatable bonds is 14. The van der Waals surface area contributed by atoms with E-state index >= 15 is 0 Å². The van der Waals surface area contributed by atoms with Crippen molar-refractivity contribution in [3.8, 4) is 0 Å². The molecule has 7 heteroatoms. The number of hydrogen-bond acceptors (Lipinski definition) is 3. The van der Waals surface area contributed by atoms with Gasteiger partial charge < -0.3 is 9.79 Å². The Morgan fingerprint density at radius 2 is 1.44 bits per heavy atom. The van der Waals surface area contributed by atoms with Gasteiger partial charge in [-0.2, -0.15) is 0 Å². The summed E-state index contributed by atoms with van der Waals surface area (Å²) < 4.78 is 15.1. The molecule has 140 valence electrons. The quantitative estimate of drug-likeness (QED) is 0.151. The number of benzene rings is 1. The fraction of sp³-hybridized carbons (Fsp3) is 0.667. The predicted molar refractivity (Wildman–Crippen MR) is 102 cm³/mol. The van der Waals surface area contributed by atoms with Gasteiger partial charge in [0.15, 0.2) is 0 Å². The van der Waals surface area contributed by atoms with Crippen LogP contribution in [-0.4, -0.2) is 61.2 Å². The Labute approximate surface area is 194 Å². The molecule has 2 N–H and O–H groups in total. The van der Waals surface area contributed by atoms with Crippen molar-refractivity contribution in [1.82, 2.24) is 0 Å². The van der Waals surface area contributed by atoms with Gasteiger partial charge in [0.2, 0.25) is 0 Å². The van der Waals surface area contributed by atoms with E-state index < -0.39 is 13.9 Å². The van der Waals surface area contributed by atoms with Gasteiger partial charge in [0, 0.05) is 0 Å². The van der Waals surface area contributed by atoms with Crippen molar-refractivity contribution in [3.05, 3.63) is 35.9 Å². The monoisotopic (exact) mass is 398 g/mol. The Balaban J connectivity index is 0.00000576. The molecule has 0 aliphatic rings. The third-order valence-electron chi connectivity index (χ3n) is 4.00. The van der Waals surface area contributed by atoms with Gasteiger partial charge in [-0.05, 0) is 12.0 Å². The first kappa shape index (κ1) is 25.9. The molecule has 0 aliphatic carbocycles. The summed E-state index contributed by atoms with van der Waals surface area (Å²) in [5.41, 5.74) is 0.866. The van der Waals surface area contributed by atoms with Gasteiger partial charge in [-0.25, -0.2) is 9.45 Å². The van der Waals surface area contributed by atoms with Gasteiger partial charge in [-0.1, -0.05) is 95.0 Å². The molecule has 1 aromatic rings. The van der Waals surface area contributed by atoms with Crippen LogP contribution in [0.25, 0.3) is 0 Å². The summed E-state index contributed by atoms with van der Waals surface area (Å²) in [6, 6.07) is 9.39. The summed E-state index contributed by atoms with van der Waals surface area (Å²) >= 11 is 0. The Morgan fingerprint density at radius 1 is 0.920 bits per heavy atom. The standard InChI is InChI=1S/C18H31O5P.K.H/c1-2-3-4-5-6-7-8-9-13-16-18(22-23-24(19,20)21)17-14-11-10-12-15-17;;/h10-12,14-15,18H,2-9,13,16H2,1H3,(H2,19,20,21);;. The zero-order chi connectivity index (χ0) is 17.7. The Kier molecular flexibility index (Phi) is 16.5. The molecule has 0 fully saturated rings. The van der Waals surface area contributed by atoms with Gasteiger partial charge in [-0.3, -0.25) is 0 Å². The molecule has 0 saturated carbocycles. The molecule has 1 aromatic carbocycles. The third-order valence-corrected chi connectivity index (χ3v) is 4.28. The molecule has 0 saturated heterocycles. The fourth-order valence-corrected chi connectivity index (χ4v) is 2.90. The number of phosphoric acid groups is 1. The van der Waals surface area contributed by atoms with E-state index in [0.29, 0.717) is 6.42 Å². The summed E-state index contributed by atoms with van der Waals surface area (Å²) in [4.78, 5) is 22.6. The molecule has 1 rings (SSSR count). The van der Waals surface area contributed by atoms with Gasteiger partial charge in [-0.15, -0.1) is 4.67 Å². The second kappa shape index (κ2) is 15.9. The molecule has 0 spiro atoms. The van der Waals surface area contributed by atoms with E-state index in [1.807, 2.05) is 30.3 Å². The van der Waals surface area contributed by atoms with Crippen molar-refractivity contribution < 1.29 is 23.9 Å². The third kappa shape index (κ3) is 14.6. The molecule has 0 radical (unpaired) electrons. The van der Waals surface area contributed by atoms with Gasteiger partial charge in [0.05, 0.1) is 0 Å². The average Bonchev–Trinajstić information content (AvgIpc) is 2.56. The van der Waals surface area contributed by atoms with E-state index in [1.54, 1.807) is 0 Å². The minimum atomic E-state index is -4.63. The normalized spacial score (nSPS) is 12.6. The topological polar surface area (TPSA) is 76.0 Å². The van der Waals surface area contributed by atoms with Crippen molar-refractivity contribution >= 4 is 59.2 Å². The molecule has 1 unspecified atom stereocenters. The SMILES string of the molecule is CCCCCCCCCCCC(OOP(=O)(O)O)c1ccccc1.[KH].